The molecule has 1 spiro atoms. The molecule has 2 aliphatic carbocycles. The maximum absolute atomic E-state index is 13.8. The average molecular weight is 462 g/mol. The second-order valence-electron chi connectivity index (χ2n) is 8.70. The maximum atomic E-state index is 13.8. The summed E-state index contributed by atoms with van der Waals surface area (Å²) in [6.07, 6.45) is -3.39. The first-order valence-corrected chi connectivity index (χ1v) is 10.8. The van der Waals surface area contributed by atoms with E-state index in [1.54, 1.807) is 18.2 Å². The van der Waals surface area contributed by atoms with Gasteiger partial charge in [-0.25, -0.2) is 4.39 Å². The van der Waals surface area contributed by atoms with Gasteiger partial charge in [-0.15, -0.1) is 0 Å². The molecule has 3 aliphatic rings. The number of aliphatic imine (C=N–C) groups is 1. The van der Waals surface area contributed by atoms with E-state index in [2.05, 4.69) is 4.99 Å². The Morgan fingerprint density at radius 1 is 1.19 bits per heavy atom. The monoisotopic (exact) mass is 461 g/mol. The molecule has 1 aliphatic heterocycles. The van der Waals surface area contributed by atoms with Crippen LogP contribution in [0.3, 0.4) is 0 Å². The minimum Gasteiger partial charge on any atom is -0.485 e. The molecular formula is C22H24ClF4NO3. The van der Waals surface area contributed by atoms with Crippen molar-refractivity contribution in [1.29, 1.82) is 0 Å². The van der Waals surface area contributed by atoms with Gasteiger partial charge in [-0.3, -0.25) is 4.99 Å². The van der Waals surface area contributed by atoms with Crippen molar-refractivity contribution in [2.75, 3.05) is 0 Å². The van der Waals surface area contributed by atoms with Crippen LogP contribution in [0.1, 0.15) is 56.6 Å². The lowest BCUT2D eigenvalue weighted by Crippen LogP contribution is -2.45. The Kier molecular flexibility index (Phi) is 6.09. The molecule has 0 radical (unpaired) electrons. The topological polar surface area (TPSA) is 62.0 Å². The van der Waals surface area contributed by atoms with Gasteiger partial charge in [0.25, 0.3) is 0 Å². The lowest BCUT2D eigenvalue weighted by Gasteiger charge is -2.45. The maximum Gasteiger partial charge on any atom is 0.398 e. The van der Waals surface area contributed by atoms with E-state index >= 15 is 0 Å². The molecule has 170 valence electrons. The third-order valence-electron chi connectivity index (χ3n) is 6.62. The largest absolute Gasteiger partial charge is 0.485 e. The van der Waals surface area contributed by atoms with E-state index in [1.165, 1.54) is 0 Å². The van der Waals surface area contributed by atoms with Crippen LogP contribution in [0.2, 0.25) is 5.02 Å². The zero-order valence-electron chi connectivity index (χ0n) is 16.7. The number of hydrogen-bond donors (Lipinski definition) is 2. The van der Waals surface area contributed by atoms with Crippen molar-refractivity contribution in [3.05, 3.63) is 40.7 Å². The summed E-state index contributed by atoms with van der Waals surface area (Å²) in [6, 6.07) is 5.25. The lowest BCUT2D eigenvalue weighted by atomic mass is 9.73. The molecular weight excluding hydrogens is 438 g/mol. The highest BCUT2D eigenvalue weighted by Gasteiger charge is 2.46. The van der Waals surface area contributed by atoms with Crippen LogP contribution < -0.4 is 4.74 Å². The van der Waals surface area contributed by atoms with Crippen molar-refractivity contribution in [2.45, 2.75) is 69.1 Å². The van der Waals surface area contributed by atoms with Gasteiger partial charge < -0.3 is 14.9 Å². The van der Waals surface area contributed by atoms with Gasteiger partial charge in [-0.05, 0) is 50.7 Å². The summed E-state index contributed by atoms with van der Waals surface area (Å²) >= 11 is 6.25. The predicted octanol–water partition coefficient (Wildman–Crippen LogP) is 5.67. The minimum absolute atomic E-state index is 0.0318. The normalized spacial score (nSPS) is 33.6. The van der Waals surface area contributed by atoms with Crippen molar-refractivity contribution >= 4 is 17.3 Å². The van der Waals surface area contributed by atoms with Gasteiger partial charge in [0, 0.05) is 23.6 Å². The Labute approximate surface area is 182 Å². The Morgan fingerprint density at radius 2 is 1.90 bits per heavy atom. The predicted molar refractivity (Wildman–Crippen MR) is 108 cm³/mol. The molecule has 1 fully saturated rings. The van der Waals surface area contributed by atoms with Crippen molar-refractivity contribution < 1.29 is 32.5 Å². The van der Waals surface area contributed by atoms with Crippen LogP contribution in [0.5, 0.6) is 5.75 Å². The molecule has 4 rings (SSSR count). The van der Waals surface area contributed by atoms with Crippen LogP contribution in [-0.2, 0) is 0 Å². The summed E-state index contributed by atoms with van der Waals surface area (Å²) in [5.74, 6) is -3.08. The van der Waals surface area contributed by atoms with Gasteiger partial charge in [0.2, 0.25) is 0 Å². The van der Waals surface area contributed by atoms with Gasteiger partial charge in [-0.1, -0.05) is 23.7 Å². The first kappa shape index (κ1) is 22.6. The highest BCUT2D eigenvalue weighted by Crippen LogP contribution is 2.49. The lowest BCUT2D eigenvalue weighted by molar-refractivity contribution is -0.169. The zero-order valence-corrected chi connectivity index (χ0v) is 17.5. The van der Waals surface area contributed by atoms with Crippen LogP contribution in [0, 0.1) is 11.8 Å². The van der Waals surface area contributed by atoms with Crippen LogP contribution in [-0.4, -0.2) is 33.9 Å². The SMILES string of the molecule is OC1CC2(CCC(C(O)N=C3C=C(F)C(C(F)(F)F)CC3)CC2)Oc2c(Cl)cccc21. The van der Waals surface area contributed by atoms with E-state index in [0.29, 0.717) is 48.4 Å². The molecule has 3 unspecified atom stereocenters. The number of rotatable bonds is 2. The molecule has 2 N–H and O–H groups in total. The van der Waals surface area contributed by atoms with Crippen molar-refractivity contribution in [1.82, 2.24) is 0 Å². The van der Waals surface area contributed by atoms with E-state index in [9.17, 15) is 27.8 Å². The van der Waals surface area contributed by atoms with Crippen molar-refractivity contribution in [3.63, 3.8) is 0 Å². The number of halogens is 5. The molecule has 0 bridgehead atoms. The third-order valence-corrected chi connectivity index (χ3v) is 6.92. The fraction of sp³-hybridized carbons (Fsp3) is 0.591. The van der Waals surface area contributed by atoms with Gasteiger partial charge >= 0.3 is 6.18 Å². The van der Waals surface area contributed by atoms with Gasteiger partial charge in [-0.2, -0.15) is 13.2 Å². The molecule has 1 aromatic carbocycles. The van der Waals surface area contributed by atoms with E-state index in [4.69, 9.17) is 16.3 Å². The second kappa shape index (κ2) is 8.37. The smallest absolute Gasteiger partial charge is 0.398 e. The van der Waals surface area contributed by atoms with Crippen molar-refractivity contribution in [2.24, 2.45) is 16.8 Å². The third kappa shape index (κ3) is 4.61. The van der Waals surface area contributed by atoms with Gasteiger partial charge in [0.1, 0.15) is 29.3 Å². The quantitative estimate of drug-likeness (QED) is 0.558. The van der Waals surface area contributed by atoms with Gasteiger partial charge in [0.05, 0.1) is 11.1 Å². The Bertz CT molecular complexity index is 893. The number of fused-ring (bicyclic) bond motifs is 1. The second-order valence-corrected chi connectivity index (χ2v) is 9.10. The number of ether oxygens (including phenoxy) is 1. The first-order chi connectivity index (χ1) is 14.6. The number of nitrogens with zero attached hydrogens (tertiary/aromatic N) is 1. The van der Waals surface area contributed by atoms with Crippen LogP contribution >= 0.6 is 11.6 Å². The number of hydrogen-bond acceptors (Lipinski definition) is 4. The molecule has 0 saturated heterocycles. The van der Waals surface area contributed by atoms with E-state index in [-0.39, 0.29) is 18.1 Å². The van der Waals surface area contributed by atoms with E-state index in [1.807, 2.05) is 0 Å². The molecule has 0 amide bonds. The Morgan fingerprint density at radius 3 is 2.55 bits per heavy atom. The molecule has 4 nitrogen and oxygen atoms in total. The number of aliphatic hydroxyl groups excluding tert-OH is 2. The fourth-order valence-corrected chi connectivity index (χ4v) is 5.07. The standard InChI is InChI=1S/C22H24ClF4NO3/c23-16-3-1-2-14-18(29)11-21(31-19(14)16)8-6-12(7-9-21)20(30)28-13-4-5-15(17(24)10-13)22(25,26)27/h1-3,10,12,15,18,20,29-30H,4-9,11H2. The van der Waals surface area contributed by atoms with E-state index < -0.39 is 42.3 Å². The Hall–Kier alpha value is -1.64. The number of allylic oxidation sites excluding steroid dienone is 2. The number of benzene rings is 1. The number of aliphatic hydroxyl groups is 2. The molecule has 0 aromatic heterocycles. The van der Waals surface area contributed by atoms with E-state index in [0.717, 1.165) is 6.08 Å². The summed E-state index contributed by atoms with van der Waals surface area (Å²) in [5.41, 5.74) is 0.225. The van der Waals surface area contributed by atoms with Crippen LogP contribution in [0.15, 0.2) is 35.1 Å². The summed E-state index contributed by atoms with van der Waals surface area (Å²) in [7, 11) is 0. The number of para-hydroxylation sites is 1. The molecule has 9 heteroatoms. The summed E-state index contributed by atoms with van der Waals surface area (Å²) in [4.78, 5) is 4.10. The van der Waals surface area contributed by atoms with Gasteiger partial charge in [0.15, 0.2) is 0 Å². The van der Waals surface area contributed by atoms with Crippen LogP contribution in [0.4, 0.5) is 17.6 Å². The summed E-state index contributed by atoms with van der Waals surface area (Å²) in [6.45, 7) is 0. The minimum atomic E-state index is -4.62. The number of alkyl halides is 3. The highest BCUT2D eigenvalue weighted by atomic mass is 35.5. The first-order valence-electron chi connectivity index (χ1n) is 10.4. The zero-order chi connectivity index (χ0) is 22.4. The summed E-state index contributed by atoms with van der Waals surface area (Å²) < 4.78 is 58.4. The summed E-state index contributed by atoms with van der Waals surface area (Å²) in [5, 5.41) is 21.5. The van der Waals surface area contributed by atoms with Crippen molar-refractivity contribution in [3.8, 4) is 5.75 Å². The molecule has 3 atom stereocenters. The highest BCUT2D eigenvalue weighted by molar-refractivity contribution is 6.32. The molecule has 1 saturated carbocycles. The molecule has 1 aromatic rings. The Balaban J connectivity index is 1.41. The average Bonchev–Trinajstić information content (AvgIpc) is 2.68. The molecule has 31 heavy (non-hydrogen) atoms. The van der Waals surface area contributed by atoms with Crippen LogP contribution in [0.25, 0.3) is 0 Å². The molecule has 1 heterocycles. The fourth-order valence-electron chi connectivity index (χ4n) is 4.85.